The van der Waals surface area contributed by atoms with Gasteiger partial charge in [0.2, 0.25) is 5.96 Å². The Morgan fingerprint density at radius 2 is 2.00 bits per heavy atom. The van der Waals surface area contributed by atoms with E-state index in [0.29, 0.717) is 47.4 Å². The zero-order chi connectivity index (χ0) is 30.8. The van der Waals surface area contributed by atoms with Crippen LogP contribution in [-0.4, -0.2) is 67.9 Å². The molecule has 42 heavy (non-hydrogen) atoms. The predicted molar refractivity (Wildman–Crippen MR) is 147 cm³/mol. The van der Waals surface area contributed by atoms with Crippen molar-refractivity contribution < 1.29 is 36.7 Å². The maximum atomic E-state index is 13.5. The number of halogens is 3. The van der Waals surface area contributed by atoms with Gasteiger partial charge in [0.05, 0.1) is 43.5 Å². The molecule has 2 heterocycles. The van der Waals surface area contributed by atoms with Crippen LogP contribution in [-0.2, 0) is 26.9 Å². The van der Waals surface area contributed by atoms with E-state index in [4.69, 9.17) is 20.6 Å². The van der Waals surface area contributed by atoms with Crippen molar-refractivity contribution in [2.45, 2.75) is 32.0 Å². The molecule has 0 aromatic heterocycles. The van der Waals surface area contributed by atoms with Crippen molar-refractivity contribution in [2.75, 3.05) is 45.5 Å². The van der Waals surface area contributed by atoms with Gasteiger partial charge in [0.25, 0.3) is 0 Å². The fraction of sp³-hybridized carbons (Fsp3) is 0.379. The maximum absolute atomic E-state index is 13.5. The molecule has 3 N–H and O–H groups in total. The van der Waals surface area contributed by atoms with Gasteiger partial charge in [-0.1, -0.05) is 12.1 Å². The summed E-state index contributed by atoms with van der Waals surface area (Å²) in [5.74, 6) is -1.39. The van der Waals surface area contributed by atoms with Gasteiger partial charge in [0, 0.05) is 17.8 Å². The smallest absolute Gasteiger partial charge is 0.416 e. The van der Waals surface area contributed by atoms with Crippen LogP contribution in [0.3, 0.4) is 0 Å². The number of nitrogens with zero attached hydrogens (tertiary/aromatic N) is 4. The average Bonchev–Trinajstić information content (AvgIpc) is 3.38. The molecule has 0 bridgehead atoms. The maximum Gasteiger partial charge on any atom is 0.416 e. The van der Waals surface area contributed by atoms with Crippen LogP contribution in [0.15, 0.2) is 53.7 Å². The van der Waals surface area contributed by atoms with E-state index in [-0.39, 0.29) is 17.0 Å². The summed E-state index contributed by atoms with van der Waals surface area (Å²) in [5.41, 5.74) is 6.19. The fourth-order valence-electron chi connectivity index (χ4n) is 5.49. The number of quaternary nitrogens is 1. The third-order valence-electron chi connectivity index (χ3n) is 7.66. The monoisotopic (exact) mass is 585 g/mol. The molecule has 1 saturated heterocycles. The van der Waals surface area contributed by atoms with Crippen molar-refractivity contribution in [2.24, 2.45) is 5.73 Å². The first kappa shape index (κ1) is 30.5. The highest BCUT2D eigenvalue weighted by atomic mass is 19.4. The minimum absolute atomic E-state index is 0.0809. The Balaban J connectivity index is 1.87. The zero-order valence-corrected chi connectivity index (χ0v) is 23.5. The largest absolute Gasteiger partial charge is 0.466 e. The van der Waals surface area contributed by atoms with Crippen LogP contribution in [0.4, 0.5) is 23.7 Å². The normalized spacial score (nSPS) is 21.0. The van der Waals surface area contributed by atoms with E-state index in [1.54, 1.807) is 12.1 Å². The number of amides is 2. The Morgan fingerprint density at radius 1 is 1.26 bits per heavy atom. The average molecular weight is 586 g/mol. The third-order valence-corrected chi connectivity index (χ3v) is 7.66. The van der Waals surface area contributed by atoms with Gasteiger partial charge in [-0.25, -0.2) is 9.59 Å². The lowest BCUT2D eigenvalue weighted by Gasteiger charge is -2.43. The Labute approximate surface area is 241 Å². The number of carbonyl (C=O) groups is 2. The number of guanidine groups is 1. The van der Waals surface area contributed by atoms with Crippen LogP contribution >= 0.6 is 0 Å². The number of anilines is 1. The second-order valence-corrected chi connectivity index (χ2v) is 10.5. The van der Waals surface area contributed by atoms with E-state index < -0.39 is 35.7 Å². The number of esters is 1. The first-order valence-corrected chi connectivity index (χ1v) is 13.2. The SMILES string of the molecule is COC(=O)C1=C(C)N(c2cccc(C(F)(F)F)c2)C(=N)N(C(N)=O)[C@@H]1c1ccc(C#N)cc1CCC[N+]1(C)CCOC1. The van der Waals surface area contributed by atoms with E-state index in [2.05, 4.69) is 13.1 Å². The molecule has 4 rings (SSSR count). The number of rotatable bonds is 7. The zero-order valence-electron chi connectivity index (χ0n) is 23.5. The minimum atomic E-state index is -4.67. The van der Waals surface area contributed by atoms with Crippen molar-refractivity contribution in [3.8, 4) is 6.07 Å². The number of primary amides is 1. The summed E-state index contributed by atoms with van der Waals surface area (Å²) in [6.45, 7) is 4.35. The van der Waals surface area contributed by atoms with Gasteiger partial charge in [-0.15, -0.1) is 0 Å². The number of likely N-dealkylation sites (N-methyl/N-ethyl adjacent to an activating group) is 1. The molecule has 2 aliphatic heterocycles. The van der Waals surface area contributed by atoms with Crippen LogP contribution in [0.25, 0.3) is 0 Å². The molecular formula is C29H32F3N6O4+. The highest BCUT2D eigenvalue weighted by molar-refractivity contribution is 6.10. The Hall–Kier alpha value is -4.41. The van der Waals surface area contributed by atoms with Crippen LogP contribution in [0, 0.1) is 16.7 Å². The first-order chi connectivity index (χ1) is 19.8. The molecule has 2 amide bonds. The first-order valence-electron chi connectivity index (χ1n) is 13.2. The number of benzene rings is 2. The number of urea groups is 1. The molecule has 0 aliphatic carbocycles. The molecule has 1 fully saturated rings. The van der Waals surface area contributed by atoms with E-state index >= 15 is 0 Å². The van der Waals surface area contributed by atoms with Crippen LogP contribution < -0.4 is 10.6 Å². The second-order valence-electron chi connectivity index (χ2n) is 10.5. The number of carbonyl (C=O) groups excluding carboxylic acids is 2. The molecule has 1 unspecified atom stereocenters. The van der Waals surface area contributed by atoms with Gasteiger partial charge in [-0.05, 0) is 54.8 Å². The van der Waals surface area contributed by atoms with E-state index in [9.17, 15) is 28.0 Å². The summed E-state index contributed by atoms with van der Waals surface area (Å²) in [4.78, 5) is 28.1. The number of hydrogen-bond donors (Lipinski definition) is 2. The Morgan fingerprint density at radius 3 is 2.60 bits per heavy atom. The van der Waals surface area contributed by atoms with Gasteiger partial charge >= 0.3 is 18.2 Å². The van der Waals surface area contributed by atoms with Crippen molar-refractivity contribution in [1.29, 1.82) is 10.7 Å². The molecule has 222 valence electrons. The summed E-state index contributed by atoms with van der Waals surface area (Å²) in [5, 5.41) is 18.5. The number of hydrogen-bond acceptors (Lipinski definition) is 6. The predicted octanol–water partition coefficient (Wildman–Crippen LogP) is 4.27. The van der Waals surface area contributed by atoms with Crippen molar-refractivity contribution in [3.05, 3.63) is 76.0 Å². The molecule has 0 spiro atoms. The lowest BCUT2D eigenvalue weighted by Crippen LogP contribution is -2.55. The number of allylic oxidation sites excluding steroid dienone is 1. The van der Waals surface area contributed by atoms with Gasteiger partial charge < -0.3 is 19.7 Å². The third kappa shape index (κ3) is 5.95. The van der Waals surface area contributed by atoms with Crippen molar-refractivity contribution in [1.82, 2.24) is 4.90 Å². The summed E-state index contributed by atoms with van der Waals surface area (Å²) in [6.07, 6.45) is -3.50. The van der Waals surface area contributed by atoms with E-state index in [0.717, 1.165) is 42.1 Å². The molecule has 2 aromatic carbocycles. The summed E-state index contributed by atoms with van der Waals surface area (Å²) in [7, 11) is 3.23. The number of aryl methyl sites for hydroxylation is 1. The number of methoxy groups -OCH3 is 1. The van der Waals surface area contributed by atoms with E-state index in [1.807, 2.05) is 0 Å². The highest BCUT2D eigenvalue weighted by Crippen LogP contribution is 2.42. The molecule has 13 heteroatoms. The number of nitriles is 1. The molecular weight excluding hydrogens is 553 g/mol. The number of nitrogens with one attached hydrogen (secondary N) is 1. The van der Waals surface area contributed by atoms with Crippen LogP contribution in [0.1, 0.15) is 41.6 Å². The molecule has 2 atom stereocenters. The topological polar surface area (TPSA) is 133 Å². The Bertz CT molecular complexity index is 1480. The number of alkyl halides is 3. The molecule has 2 aromatic rings. The van der Waals surface area contributed by atoms with Crippen molar-refractivity contribution >= 4 is 23.6 Å². The fourth-order valence-corrected chi connectivity index (χ4v) is 5.49. The minimum Gasteiger partial charge on any atom is -0.466 e. The van der Waals surface area contributed by atoms with Crippen LogP contribution in [0.2, 0.25) is 0 Å². The quantitative estimate of drug-likeness (QED) is 0.369. The highest BCUT2D eigenvalue weighted by Gasteiger charge is 2.44. The van der Waals surface area contributed by atoms with Gasteiger partial charge in [-0.2, -0.15) is 18.4 Å². The molecule has 10 nitrogen and oxygen atoms in total. The molecule has 2 aliphatic rings. The van der Waals surface area contributed by atoms with Crippen LogP contribution in [0.5, 0.6) is 0 Å². The van der Waals surface area contributed by atoms with E-state index in [1.165, 1.54) is 25.1 Å². The van der Waals surface area contributed by atoms with Gasteiger partial charge in [-0.3, -0.25) is 15.2 Å². The summed E-state index contributed by atoms with van der Waals surface area (Å²) in [6, 6.07) is 8.79. The standard InChI is InChI=1S/C29H31F3N6O4/c1-18-24(26(39)41-3)25(23-10-9-19(16-33)14-20(23)6-5-11-38(2)12-13-42-17-38)37(28(35)40)27(34)36(18)22-8-4-7-21(15-22)29(30,31)32/h4,7-10,14-15,25,34H,5-6,11-13,17H2,1-3H3,(H-,35,40)/p+1/t25-,38?/m1/s1. The molecule has 0 saturated carbocycles. The number of ether oxygens (including phenoxy) is 2. The number of nitrogens with two attached hydrogens (primary N) is 1. The van der Waals surface area contributed by atoms with Crippen molar-refractivity contribution in [3.63, 3.8) is 0 Å². The van der Waals surface area contributed by atoms with Gasteiger partial charge in [0.1, 0.15) is 19.2 Å². The lowest BCUT2D eigenvalue weighted by molar-refractivity contribution is -0.906. The Kier molecular flexibility index (Phi) is 8.60. The van der Waals surface area contributed by atoms with Gasteiger partial charge in [0.15, 0.2) is 6.73 Å². The molecule has 0 radical (unpaired) electrons. The second kappa shape index (κ2) is 11.8. The summed E-state index contributed by atoms with van der Waals surface area (Å²) >= 11 is 0. The lowest BCUT2D eigenvalue weighted by atomic mass is 9.87. The summed E-state index contributed by atoms with van der Waals surface area (Å²) < 4.78 is 51.9.